The van der Waals surface area contributed by atoms with Crippen molar-refractivity contribution in [2.24, 2.45) is 10.8 Å². The fourth-order valence-corrected chi connectivity index (χ4v) is 4.71. The molecule has 1 heterocycles. The van der Waals surface area contributed by atoms with Gasteiger partial charge in [-0.25, -0.2) is 0 Å². The standard InChI is InChI=1S/C17H33N3O/c1-16(2)9-13(10-17(3,4)12-16)20-8-7-18-11-14(20)15(21)19(5)6/h13-14,18H,7-12H2,1-6H3. The van der Waals surface area contributed by atoms with Gasteiger partial charge < -0.3 is 10.2 Å². The van der Waals surface area contributed by atoms with Crippen LogP contribution in [0.15, 0.2) is 0 Å². The average molecular weight is 295 g/mol. The molecule has 1 amide bonds. The third-order valence-electron chi connectivity index (χ3n) is 5.01. The monoisotopic (exact) mass is 295 g/mol. The van der Waals surface area contributed by atoms with Crippen LogP contribution in [0.25, 0.3) is 0 Å². The molecule has 2 rings (SSSR count). The van der Waals surface area contributed by atoms with Crippen LogP contribution in [-0.2, 0) is 4.79 Å². The number of rotatable bonds is 2. The first-order valence-electron chi connectivity index (χ1n) is 8.29. The number of nitrogens with one attached hydrogen (secondary N) is 1. The molecule has 1 atom stereocenters. The lowest BCUT2D eigenvalue weighted by Crippen LogP contribution is -2.62. The fourth-order valence-electron chi connectivity index (χ4n) is 4.71. The van der Waals surface area contributed by atoms with E-state index in [1.807, 2.05) is 14.1 Å². The molecule has 0 aromatic heterocycles. The van der Waals surface area contributed by atoms with Gasteiger partial charge in [0.15, 0.2) is 0 Å². The zero-order valence-corrected chi connectivity index (χ0v) is 14.7. The van der Waals surface area contributed by atoms with Gasteiger partial charge in [-0.2, -0.15) is 0 Å². The van der Waals surface area contributed by atoms with Crippen LogP contribution in [0.1, 0.15) is 47.0 Å². The molecule has 0 radical (unpaired) electrons. The maximum Gasteiger partial charge on any atom is 0.240 e. The summed E-state index contributed by atoms with van der Waals surface area (Å²) in [6.07, 6.45) is 3.68. The molecule has 0 bridgehead atoms. The largest absolute Gasteiger partial charge is 0.347 e. The molecule has 4 heteroatoms. The van der Waals surface area contributed by atoms with Gasteiger partial charge in [-0.3, -0.25) is 9.69 Å². The quantitative estimate of drug-likeness (QED) is 0.846. The van der Waals surface area contributed by atoms with Gasteiger partial charge in [-0.1, -0.05) is 27.7 Å². The van der Waals surface area contributed by atoms with Crippen LogP contribution >= 0.6 is 0 Å². The number of carbonyl (C=O) groups excluding carboxylic acids is 1. The second kappa shape index (κ2) is 5.88. The third-order valence-corrected chi connectivity index (χ3v) is 5.01. The molecule has 1 saturated heterocycles. The van der Waals surface area contributed by atoms with E-state index in [0.29, 0.717) is 16.9 Å². The molecule has 0 spiro atoms. The molecular weight excluding hydrogens is 262 g/mol. The van der Waals surface area contributed by atoms with Crippen LogP contribution in [0.3, 0.4) is 0 Å². The second-order valence-electron chi connectivity index (χ2n) is 8.76. The lowest BCUT2D eigenvalue weighted by molar-refractivity contribution is -0.137. The Morgan fingerprint density at radius 2 is 1.71 bits per heavy atom. The van der Waals surface area contributed by atoms with Crippen LogP contribution in [0.4, 0.5) is 0 Å². The fraction of sp³-hybridized carbons (Fsp3) is 0.941. The summed E-state index contributed by atoms with van der Waals surface area (Å²) in [5.74, 6) is 0.239. The highest BCUT2D eigenvalue weighted by Crippen LogP contribution is 2.47. The SMILES string of the molecule is CN(C)C(=O)C1CNCCN1C1CC(C)(C)CC(C)(C)C1. The van der Waals surface area contributed by atoms with Gasteiger partial charge in [0.1, 0.15) is 6.04 Å². The van der Waals surface area contributed by atoms with E-state index in [1.165, 1.54) is 19.3 Å². The molecule has 2 aliphatic rings. The summed E-state index contributed by atoms with van der Waals surface area (Å²) in [5.41, 5.74) is 0.728. The zero-order chi connectivity index (χ0) is 15.8. The van der Waals surface area contributed by atoms with E-state index >= 15 is 0 Å². The molecule has 122 valence electrons. The molecule has 2 fully saturated rings. The van der Waals surface area contributed by atoms with Gasteiger partial charge >= 0.3 is 0 Å². The van der Waals surface area contributed by atoms with Crippen LogP contribution in [0.5, 0.6) is 0 Å². The van der Waals surface area contributed by atoms with E-state index in [1.54, 1.807) is 4.90 Å². The summed E-state index contributed by atoms with van der Waals surface area (Å²) in [7, 11) is 3.73. The zero-order valence-electron chi connectivity index (χ0n) is 14.7. The number of nitrogens with zero attached hydrogens (tertiary/aromatic N) is 2. The van der Waals surface area contributed by atoms with Crippen molar-refractivity contribution in [2.75, 3.05) is 33.7 Å². The summed E-state index contributed by atoms with van der Waals surface area (Å²) in [6.45, 7) is 12.3. The Morgan fingerprint density at radius 1 is 1.14 bits per heavy atom. The average Bonchev–Trinajstić information content (AvgIpc) is 2.34. The minimum absolute atomic E-state index is 0.00319. The number of piperazine rings is 1. The van der Waals surface area contributed by atoms with E-state index in [0.717, 1.165) is 19.6 Å². The van der Waals surface area contributed by atoms with Gasteiger partial charge in [-0.15, -0.1) is 0 Å². The van der Waals surface area contributed by atoms with E-state index in [9.17, 15) is 4.79 Å². The van der Waals surface area contributed by atoms with Gasteiger partial charge in [0.05, 0.1) is 0 Å². The number of carbonyl (C=O) groups is 1. The lowest BCUT2D eigenvalue weighted by atomic mass is 9.63. The van der Waals surface area contributed by atoms with E-state index in [2.05, 4.69) is 37.9 Å². The molecule has 0 aromatic rings. The van der Waals surface area contributed by atoms with Crippen molar-refractivity contribution in [3.63, 3.8) is 0 Å². The highest BCUT2D eigenvalue weighted by atomic mass is 16.2. The summed E-state index contributed by atoms with van der Waals surface area (Å²) in [4.78, 5) is 16.7. The second-order valence-corrected chi connectivity index (χ2v) is 8.76. The van der Waals surface area contributed by atoms with Gasteiger partial charge in [0.25, 0.3) is 0 Å². The van der Waals surface area contributed by atoms with Crippen LogP contribution < -0.4 is 5.32 Å². The first kappa shape index (κ1) is 16.8. The molecule has 1 aliphatic heterocycles. The maximum absolute atomic E-state index is 12.5. The molecule has 1 saturated carbocycles. The van der Waals surface area contributed by atoms with Gasteiger partial charge in [0.2, 0.25) is 5.91 Å². The predicted octanol–water partition coefficient (Wildman–Crippen LogP) is 1.95. The van der Waals surface area contributed by atoms with Crippen molar-refractivity contribution < 1.29 is 4.79 Å². The molecule has 1 unspecified atom stereocenters. The Bertz CT molecular complexity index is 373. The maximum atomic E-state index is 12.5. The number of amides is 1. The van der Waals surface area contributed by atoms with E-state index in [-0.39, 0.29) is 11.9 Å². The van der Waals surface area contributed by atoms with Gasteiger partial charge in [0, 0.05) is 39.8 Å². The summed E-state index contributed by atoms with van der Waals surface area (Å²) in [5, 5.41) is 3.39. The van der Waals surface area contributed by atoms with E-state index in [4.69, 9.17) is 0 Å². The van der Waals surface area contributed by atoms with Gasteiger partial charge in [-0.05, 0) is 30.1 Å². The molecule has 1 N–H and O–H groups in total. The Morgan fingerprint density at radius 3 is 2.24 bits per heavy atom. The Kier molecular flexibility index (Phi) is 4.69. The third kappa shape index (κ3) is 3.98. The molecule has 1 aliphatic carbocycles. The molecule has 0 aromatic carbocycles. The smallest absolute Gasteiger partial charge is 0.240 e. The first-order valence-corrected chi connectivity index (χ1v) is 8.29. The highest BCUT2D eigenvalue weighted by molar-refractivity contribution is 5.81. The van der Waals surface area contributed by atoms with E-state index < -0.39 is 0 Å². The van der Waals surface area contributed by atoms with Crippen LogP contribution in [0, 0.1) is 10.8 Å². The van der Waals surface area contributed by atoms with Crippen LogP contribution in [0.2, 0.25) is 0 Å². The summed E-state index contributed by atoms with van der Waals surface area (Å²) < 4.78 is 0. The van der Waals surface area contributed by atoms with Crippen molar-refractivity contribution in [3.8, 4) is 0 Å². The Labute approximate surface area is 130 Å². The number of likely N-dealkylation sites (N-methyl/N-ethyl adjacent to an activating group) is 1. The van der Waals surface area contributed by atoms with Crippen molar-refractivity contribution in [2.45, 2.75) is 59.0 Å². The molecule has 21 heavy (non-hydrogen) atoms. The van der Waals surface area contributed by atoms with Crippen molar-refractivity contribution in [1.82, 2.24) is 15.1 Å². The number of hydrogen-bond acceptors (Lipinski definition) is 3. The Balaban J connectivity index is 2.18. The Hall–Kier alpha value is -0.610. The summed E-state index contributed by atoms with van der Waals surface area (Å²) in [6, 6.07) is 0.531. The topological polar surface area (TPSA) is 35.6 Å². The normalized spacial score (nSPS) is 30.1. The number of hydrogen-bond donors (Lipinski definition) is 1. The summed E-state index contributed by atoms with van der Waals surface area (Å²) >= 11 is 0. The first-order chi connectivity index (χ1) is 9.61. The van der Waals surface area contributed by atoms with Crippen LogP contribution in [-0.4, -0.2) is 61.5 Å². The molecule has 4 nitrogen and oxygen atoms in total. The minimum Gasteiger partial charge on any atom is -0.347 e. The highest BCUT2D eigenvalue weighted by Gasteiger charge is 2.43. The predicted molar refractivity (Wildman–Crippen MR) is 87.3 cm³/mol. The van der Waals surface area contributed by atoms with Crippen molar-refractivity contribution in [1.29, 1.82) is 0 Å². The van der Waals surface area contributed by atoms with Crippen molar-refractivity contribution in [3.05, 3.63) is 0 Å². The lowest BCUT2D eigenvalue weighted by Gasteiger charge is -2.51. The minimum atomic E-state index is 0.00319. The molecular formula is C17H33N3O. The van der Waals surface area contributed by atoms with Crippen molar-refractivity contribution >= 4 is 5.91 Å².